The van der Waals surface area contributed by atoms with Crippen molar-refractivity contribution in [3.63, 3.8) is 0 Å². The first-order chi connectivity index (χ1) is 9.63. The van der Waals surface area contributed by atoms with Gasteiger partial charge in [0.25, 0.3) is 0 Å². The SMILES string of the molecule is COc1ccc(Cl)cc1C(Cc1ccc(Br)cc1)NN. The van der Waals surface area contributed by atoms with Gasteiger partial charge in [-0.3, -0.25) is 11.3 Å². The third-order valence-electron chi connectivity index (χ3n) is 3.12. The lowest BCUT2D eigenvalue weighted by Gasteiger charge is -2.19. The molecule has 0 saturated heterocycles. The van der Waals surface area contributed by atoms with E-state index in [1.54, 1.807) is 13.2 Å². The Hall–Kier alpha value is -1.07. The maximum atomic E-state index is 6.07. The number of methoxy groups -OCH3 is 1. The van der Waals surface area contributed by atoms with Crippen molar-refractivity contribution in [1.82, 2.24) is 5.43 Å². The van der Waals surface area contributed by atoms with Gasteiger partial charge in [-0.2, -0.15) is 0 Å². The van der Waals surface area contributed by atoms with Crippen molar-refractivity contribution in [3.8, 4) is 5.75 Å². The van der Waals surface area contributed by atoms with Crippen LogP contribution in [0.1, 0.15) is 17.2 Å². The molecule has 5 heteroatoms. The van der Waals surface area contributed by atoms with Gasteiger partial charge in [0.2, 0.25) is 0 Å². The van der Waals surface area contributed by atoms with Crippen LogP contribution in [0, 0.1) is 0 Å². The van der Waals surface area contributed by atoms with E-state index in [9.17, 15) is 0 Å². The second kappa shape index (κ2) is 7.09. The van der Waals surface area contributed by atoms with Crippen molar-refractivity contribution in [2.24, 2.45) is 5.84 Å². The molecule has 0 amide bonds. The van der Waals surface area contributed by atoms with Crippen LogP contribution < -0.4 is 16.0 Å². The quantitative estimate of drug-likeness (QED) is 0.632. The highest BCUT2D eigenvalue weighted by Crippen LogP contribution is 2.30. The predicted octanol–water partition coefficient (Wildman–Crippen LogP) is 3.86. The summed E-state index contributed by atoms with van der Waals surface area (Å²) < 4.78 is 6.43. The van der Waals surface area contributed by atoms with Crippen molar-refractivity contribution >= 4 is 27.5 Å². The van der Waals surface area contributed by atoms with Crippen LogP contribution in [-0.2, 0) is 6.42 Å². The molecule has 1 unspecified atom stereocenters. The van der Waals surface area contributed by atoms with E-state index >= 15 is 0 Å². The fraction of sp³-hybridized carbons (Fsp3) is 0.200. The molecular weight excluding hydrogens is 340 g/mol. The molecule has 2 aromatic carbocycles. The first-order valence-electron chi connectivity index (χ1n) is 6.18. The zero-order chi connectivity index (χ0) is 14.5. The van der Waals surface area contributed by atoms with Gasteiger partial charge in [-0.25, -0.2) is 0 Å². The maximum Gasteiger partial charge on any atom is 0.123 e. The van der Waals surface area contributed by atoms with Crippen LogP contribution in [0.5, 0.6) is 5.75 Å². The number of hydrogen-bond donors (Lipinski definition) is 2. The van der Waals surface area contributed by atoms with Crippen LogP contribution in [-0.4, -0.2) is 7.11 Å². The Kier molecular flexibility index (Phi) is 5.43. The molecule has 0 aliphatic heterocycles. The van der Waals surface area contributed by atoms with Gasteiger partial charge in [0.15, 0.2) is 0 Å². The minimum Gasteiger partial charge on any atom is -0.496 e. The van der Waals surface area contributed by atoms with Gasteiger partial charge in [-0.1, -0.05) is 39.7 Å². The van der Waals surface area contributed by atoms with E-state index in [2.05, 4.69) is 33.5 Å². The molecule has 0 radical (unpaired) electrons. The zero-order valence-corrected chi connectivity index (χ0v) is 13.4. The zero-order valence-electron chi connectivity index (χ0n) is 11.1. The van der Waals surface area contributed by atoms with Gasteiger partial charge < -0.3 is 4.74 Å². The van der Waals surface area contributed by atoms with E-state index < -0.39 is 0 Å². The highest BCUT2D eigenvalue weighted by atomic mass is 79.9. The van der Waals surface area contributed by atoms with Crippen molar-refractivity contribution < 1.29 is 4.74 Å². The van der Waals surface area contributed by atoms with Crippen LogP contribution in [0.4, 0.5) is 0 Å². The van der Waals surface area contributed by atoms with Crippen LogP contribution >= 0.6 is 27.5 Å². The van der Waals surface area contributed by atoms with Gasteiger partial charge in [-0.05, 0) is 42.3 Å². The monoisotopic (exact) mass is 354 g/mol. The lowest BCUT2D eigenvalue weighted by Crippen LogP contribution is -2.30. The first kappa shape index (κ1) is 15.3. The minimum atomic E-state index is -0.0650. The van der Waals surface area contributed by atoms with Gasteiger partial charge in [0.05, 0.1) is 13.2 Å². The number of rotatable bonds is 5. The van der Waals surface area contributed by atoms with Crippen molar-refractivity contribution in [3.05, 3.63) is 63.1 Å². The van der Waals surface area contributed by atoms with Gasteiger partial charge in [-0.15, -0.1) is 0 Å². The summed E-state index contributed by atoms with van der Waals surface area (Å²) in [6, 6.07) is 13.6. The molecule has 2 rings (SSSR count). The third-order valence-corrected chi connectivity index (χ3v) is 3.89. The first-order valence-corrected chi connectivity index (χ1v) is 7.35. The molecule has 106 valence electrons. The van der Waals surface area contributed by atoms with E-state index in [-0.39, 0.29) is 6.04 Å². The van der Waals surface area contributed by atoms with Crippen molar-refractivity contribution in [2.75, 3.05) is 7.11 Å². The predicted molar refractivity (Wildman–Crippen MR) is 85.9 cm³/mol. The summed E-state index contributed by atoms with van der Waals surface area (Å²) in [6.45, 7) is 0. The summed E-state index contributed by atoms with van der Waals surface area (Å²) in [5.41, 5.74) is 4.96. The summed E-state index contributed by atoms with van der Waals surface area (Å²) in [5, 5.41) is 0.664. The number of hydrazine groups is 1. The van der Waals surface area contributed by atoms with E-state index in [1.807, 2.05) is 24.3 Å². The molecular formula is C15H16BrClN2O. The standard InChI is InChI=1S/C15H16BrClN2O/c1-20-15-7-6-12(17)9-13(15)14(19-18)8-10-2-4-11(16)5-3-10/h2-7,9,14,19H,8,18H2,1H3. The highest BCUT2D eigenvalue weighted by Gasteiger charge is 2.16. The molecule has 0 bridgehead atoms. The molecule has 0 fully saturated rings. The van der Waals surface area contributed by atoms with Gasteiger partial charge in [0, 0.05) is 15.1 Å². The average Bonchev–Trinajstić information content (AvgIpc) is 2.46. The molecule has 0 aromatic heterocycles. The Morgan fingerprint density at radius 1 is 1.25 bits per heavy atom. The van der Waals surface area contributed by atoms with Crippen LogP contribution in [0.2, 0.25) is 5.02 Å². The Labute approximate surface area is 132 Å². The molecule has 0 aliphatic carbocycles. The lowest BCUT2D eigenvalue weighted by atomic mass is 9.98. The number of nitrogens with one attached hydrogen (secondary N) is 1. The molecule has 1 atom stereocenters. The third kappa shape index (κ3) is 3.73. The smallest absolute Gasteiger partial charge is 0.123 e. The number of halogens is 2. The molecule has 0 heterocycles. The Balaban J connectivity index is 2.28. The Bertz CT molecular complexity index is 575. The summed E-state index contributed by atoms with van der Waals surface area (Å²) in [4.78, 5) is 0. The normalized spacial score (nSPS) is 12.2. The van der Waals surface area contributed by atoms with Gasteiger partial charge >= 0.3 is 0 Å². The number of benzene rings is 2. The summed E-state index contributed by atoms with van der Waals surface area (Å²) in [6.07, 6.45) is 0.750. The fourth-order valence-corrected chi connectivity index (χ4v) is 2.54. The molecule has 0 aliphatic rings. The average molecular weight is 356 g/mol. The summed E-state index contributed by atoms with van der Waals surface area (Å²) in [7, 11) is 1.64. The minimum absolute atomic E-state index is 0.0650. The number of ether oxygens (including phenoxy) is 1. The fourth-order valence-electron chi connectivity index (χ4n) is 2.09. The number of hydrogen-bond acceptors (Lipinski definition) is 3. The maximum absolute atomic E-state index is 6.07. The highest BCUT2D eigenvalue weighted by molar-refractivity contribution is 9.10. The van der Waals surface area contributed by atoms with Crippen molar-refractivity contribution in [2.45, 2.75) is 12.5 Å². The van der Waals surface area contributed by atoms with Crippen LogP contribution in [0.3, 0.4) is 0 Å². The van der Waals surface area contributed by atoms with E-state index in [1.165, 1.54) is 5.56 Å². The van der Waals surface area contributed by atoms with Crippen LogP contribution in [0.25, 0.3) is 0 Å². The topological polar surface area (TPSA) is 47.3 Å². The molecule has 0 spiro atoms. The van der Waals surface area contributed by atoms with Crippen LogP contribution in [0.15, 0.2) is 46.9 Å². The molecule has 2 aromatic rings. The number of nitrogens with two attached hydrogens (primary N) is 1. The second-order valence-corrected chi connectivity index (χ2v) is 5.79. The van der Waals surface area contributed by atoms with E-state index in [0.717, 1.165) is 22.2 Å². The largest absolute Gasteiger partial charge is 0.496 e. The summed E-state index contributed by atoms with van der Waals surface area (Å²) >= 11 is 9.50. The Morgan fingerprint density at radius 3 is 2.55 bits per heavy atom. The molecule has 3 nitrogen and oxygen atoms in total. The van der Waals surface area contributed by atoms with E-state index in [4.69, 9.17) is 22.2 Å². The second-order valence-electron chi connectivity index (χ2n) is 4.44. The molecule has 0 saturated carbocycles. The lowest BCUT2D eigenvalue weighted by molar-refractivity contribution is 0.399. The van der Waals surface area contributed by atoms with Gasteiger partial charge in [0.1, 0.15) is 5.75 Å². The Morgan fingerprint density at radius 2 is 1.95 bits per heavy atom. The summed E-state index contributed by atoms with van der Waals surface area (Å²) in [5.74, 6) is 6.47. The molecule has 3 N–H and O–H groups in total. The molecule has 20 heavy (non-hydrogen) atoms. The van der Waals surface area contributed by atoms with Crippen molar-refractivity contribution in [1.29, 1.82) is 0 Å². The van der Waals surface area contributed by atoms with E-state index in [0.29, 0.717) is 5.02 Å².